The summed E-state index contributed by atoms with van der Waals surface area (Å²) in [6, 6.07) is 17.5. The molecule has 2 heterocycles. The standard InChI is InChI=1S/C36H50N4O3/c1-34(2,3)19-18-30(26-12-14-27(15-13-26)33(42)43)40-32(41)31(37-36(40)20-16-28(17-21-36)35(4,5)6)39-24-22-38(23-25-39)29-10-8-7-9-11-29/h7-15,28,30H,16-25H2,1-6H3,(H,42,43)/t28?,30-,36?/m1/s1. The Morgan fingerprint density at radius 2 is 1.49 bits per heavy atom. The van der Waals surface area contributed by atoms with E-state index >= 15 is 0 Å². The molecule has 2 aromatic rings. The Morgan fingerprint density at radius 1 is 0.907 bits per heavy atom. The summed E-state index contributed by atoms with van der Waals surface area (Å²) in [4.78, 5) is 38.5. The second-order valence-corrected chi connectivity index (χ2v) is 15.1. The van der Waals surface area contributed by atoms with Crippen LogP contribution in [0, 0.1) is 16.7 Å². The van der Waals surface area contributed by atoms with Gasteiger partial charge in [-0.05, 0) is 85.1 Å². The molecule has 1 saturated carbocycles. The number of benzene rings is 2. The maximum Gasteiger partial charge on any atom is 0.335 e. The zero-order valence-electron chi connectivity index (χ0n) is 27.0. The summed E-state index contributed by atoms with van der Waals surface area (Å²) in [7, 11) is 0. The van der Waals surface area contributed by atoms with E-state index in [2.05, 4.69) is 80.5 Å². The lowest BCUT2D eigenvalue weighted by Gasteiger charge is -2.47. The summed E-state index contributed by atoms with van der Waals surface area (Å²) in [5, 5.41) is 9.55. The molecular formula is C36H50N4O3. The van der Waals surface area contributed by atoms with Crippen molar-refractivity contribution in [1.29, 1.82) is 0 Å². The van der Waals surface area contributed by atoms with Gasteiger partial charge in [-0.3, -0.25) is 4.79 Å². The number of piperazine rings is 1. The molecule has 232 valence electrons. The molecule has 2 fully saturated rings. The predicted molar refractivity (Wildman–Crippen MR) is 173 cm³/mol. The van der Waals surface area contributed by atoms with Gasteiger partial charge in [-0.1, -0.05) is 71.9 Å². The molecule has 2 aromatic carbocycles. The van der Waals surface area contributed by atoms with Crippen molar-refractivity contribution in [1.82, 2.24) is 9.80 Å². The van der Waals surface area contributed by atoms with Crippen LogP contribution in [0.3, 0.4) is 0 Å². The fraction of sp³-hybridized carbons (Fsp3) is 0.583. The Balaban J connectivity index is 1.48. The highest BCUT2D eigenvalue weighted by molar-refractivity contribution is 6.39. The molecule has 1 aliphatic carbocycles. The van der Waals surface area contributed by atoms with Gasteiger partial charge in [0, 0.05) is 31.9 Å². The number of amidine groups is 1. The van der Waals surface area contributed by atoms with E-state index in [9.17, 15) is 14.7 Å². The van der Waals surface area contributed by atoms with Crippen molar-refractivity contribution in [2.45, 2.75) is 91.8 Å². The average molecular weight is 587 g/mol. The first kappa shape index (κ1) is 31.1. The first-order chi connectivity index (χ1) is 20.3. The highest BCUT2D eigenvalue weighted by Crippen LogP contribution is 2.50. The van der Waals surface area contributed by atoms with Crippen molar-refractivity contribution in [3.8, 4) is 0 Å². The van der Waals surface area contributed by atoms with Crippen molar-refractivity contribution in [3.05, 3.63) is 65.7 Å². The van der Waals surface area contributed by atoms with Crippen LogP contribution < -0.4 is 4.90 Å². The molecule has 43 heavy (non-hydrogen) atoms. The number of para-hydroxylation sites is 1. The lowest BCUT2D eigenvalue weighted by Crippen LogP contribution is -2.54. The van der Waals surface area contributed by atoms with Gasteiger partial charge >= 0.3 is 5.97 Å². The SMILES string of the molecule is CC(C)(C)CC[C@H](c1ccc(C(=O)O)cc1)N1C(=O)C(N2CCN(c3ccccc3)CC2)=NC12CCC(C(C)(C)C)CC2. The fourth-order valence-electron chi connectivity index (χ4n) is 7.21. The van der Waals surface area contributed by atoms with E-state index in [4.69, 9.17) is 4.99 Å². The number of carbonyl (C=O) groups excluding carboxylic acids is 1. The highest BCUT2D eigenvalue weighted by Gasteiger charge is 2.53. The van der Waals surface area contributed by atoms with Crippen LogP contribution in [0.1, 0.15) is 102 Å². The molecule has 0 radical (unpaired) electrons. The lowest BCUT2D eigenvalue weighted by molar-refractivity contribution is -0.134. The number of hydrogen-bond acceptors (Lipinski definition) is 5. The summed E-state index contributed by atoms with van der Waals surface area (Å²) in [5.41, 5.74) is 2.21. The van der Waals surface area contributed by atoms with E-state index < -0.39 is 11.6 Å². The van der Waals surface area contributed by atoms with Crippen molar-refractivity contribution in [3.63, 3.8) is 0 Å². The smallest absolute Gasteiger partial charge is 0.335 e. The lowest BCUT2D eigenvalue weighted by atomic mass is 9.69. The Morgan fingerprint density at radius 3 is 2.02 bits per heavy atom. The predicted octanol–water partition coefficient (Wildman–Crippen LogP) is 7.25. The van der Waals surface area contributed by atoms with Crippen LogP contribution >= 0.6 is 0 Å². The molecule has 3 aliphatic rings. The molecule has 0 bridgehead atoms. The van der Waals surface area contributed by atoms with E-state index in [-0.39, 0.29) is 28.3 Å². The average Bonchev–Trinajstić information content (AvgIpc) is 3.24. The third-order valence-electron chi connectivity index (χ3n) is 9.91. The summed E-state index contributed by atoms with van der Waals surface area (Å²) >= 11 is 0. The topological polar surface area (TPSA) is 76.5 Å². The molecule has 5 rings (SSSR count). The number of amides is 1. The maximum atomic E-state index is 14.7. The number of aromatic carboxylic acids is 1. The molecule has 1 saturated heterocycles. The highest BCUT2D eigenvalue weighted by atomic mass is 16.4. The minimum absolute atomic E-state index is 0.0311. The minimum Gasteiger partial charge on any atom is -0.478 e. The van der Waals surface area contributed by atoms with E-state index in [1.54, 1.807) is 12.1 Å². The van der Waals surface area contributed by atoms with E-state index in [0.717, 1.165) is 70.3 Å². The summed E-state index contributed by atoms with van der Waals surface area (Å²) < 4.78 is 0. The molecule has 1 atom stereocenters. The van der Waals surface area contributed by atoms with E-state index in [1.807, 2.05) is 18.2 Å². The van der Waals surface area contributed by atoms with Gasteiger partial charge in [0.2, 0.25) is 0 Å². The Hall–Kier alpha value is -3.35. The van der Waals surface area contributed by atoms with Crippen molar-refractivity contribution < 1.29 is 14.7 Å². The first-order valence-corrected chi connectivity index (χ1v) is 16.1. The van der Waals surface area contributed by atoms with Crippen LogP contribution in [0.4, 0.5) is 5.69 Å². The van der Waals surface area contributed by atoms with Gasteiger partial charge in [0.05, 0.1) is 11.6 Å². The van der Waals surface area contributed by atoms with Crippen molar-refractivity contribution >= 4 is 23.4 Å². The van der Waals surface area contributed by atoms with Crippen LogP contribution in [0.2, 0.25) is 0 Å². The third kappa shape index (κ3) is 6.76. The summed E-state index contributed by atoms with van der Waals surface area (Å²) in [5.74, 6) is 0.298. The van der Waals surface area contributed by atoms with Crippen LogP contribution in [-0.4, -0.2) is 64.5 Å². The number of rotatable bonds is 6. The van der Waals surface area contributed by atoms with Gasteiger partial charge < -0.3 is 19.8 Å². The normalized spacial score (nSPS) is 24.0. The molecule has 0 unspecified atom stereocenters. The largest absolute Gasteiger partial charge is 0.478 e. The fourth-order valence-corrected chi connectivity index (χ4v) is 7.21. The number of carbonyl (C=O) groups is 2. The molecule has 7 nitrogen and oxygen atoms in total. The van der Waals surface area contributed by atoms with Crippen molar-refractivity contribution in [2.24, 2.45) is 21.7 Å². The number of anilines is 1. The maximum absolute atomic E-state index is 14.7. The monoisotopic (exact) mass is 586 g/mol. The third-order valence-corrected chi connectivity index (χ3v) is 9.91. The minimum atomic E-state index is -0.938. The number of carboxylic acid groups (broad SMARTS) is 1. The number of aliphatic imine (C=N–C) groups is 1. The van der Waals surface area contributed by atoms with E-state index in [1.165, 1.54) is 5.69 Å². The molecule has 0 aromatic heterocycles. The van der Waals surface area contributed by atoms with E-state index in [0.29, 0.717) is 11.8 Å². The molecule has 1 amide bonds. The zero-order valence-corrected chi connectivity index (χ0v) is 27.0. The van der Waals surface area contributed by atoms with Crippen LogP contribution in [0.15, 0.2) is 59.6 Å². The number of carboxylic acids is 1. The molecule has 7 heteroatoms. The van der Waals surface area contributed by atoms with Crippen LogP contribution in [0.5, 0.6) is 0 Å². The van der Waals surface area contributed by atoms with Gasteiger partial charge in [0.1, 0.15) is 5.66 Å². The number of hydrogen-bond donors (Lipinski definition) is 1. The summed E-state index contributed by atoms with van der Waals surface area (Å²) in [6.07, 6.45) is 5.52. The van der Waals surface area contributed by atoms with Gasteiger partial charge in [-0.15, -0.1) is 0 Å². The second kappa shape index (κ2) is 12.0. The van der Waals surface area contributed by atoms with Gasteiger partial charge in [0.25, 0.3) is 5.91 Å². The van der Waals surface area contributed by atoms with Crippen LogP contribution in [0.25, 0.3) is 0 Å². The molecule has 1 N–H and O–H groups in total. The molecule has 2 aliphatic heterocycles. The molecule has 1 spiro atoms. The van der Waals surface area contributed by atoms with Gasteiger partial charge in [-0.2, -0.15) is 0 Å². The quantitative estimate of drug-likeness (QED) is 0.386. The molecular weight excluding hydrogens is 536 g/mol. The van der Waals surface area contributed by atoms with Crippen LogP contribution in [-0.2, 0) is 4.79 Å². The van der Waals surface area contributed by atoms with Crippen molar-refractivity contribution in [2.75, 3.05) is 31.1 Å². The Labute approximate surface area is 258 Å². The Bertz CT molecular complexity index is 1310. The van der Waals surface area contributed by atoms with Gasteiger partial charge in [-0.25, -0.2) is 9.79 Å². The van der Waals surface area contributed by atoms with Gasteiger partial charge in [0.15, 0.2) is 5.84 Å². The number of nitrogens with zero attached hydrogens (tertiary/aromatic N) is 4. The first-order valence-electron chi connectivity index (χ1n) is 16.1. The zero-order chi connectivity index (χ0) is 31.0. The summed E-state index contributed by atoms with van der Waals surface area (Å²) in [6.45, 7) is 16.9. The Kier molecular flexibility index (Phi) is 8.65. The second-order valence-electron chi connectivity index (χ2n) is 15.1.